The monoisotopic (exact) mass is 401 g/mol. The molecule has 0 spiro atoms. The minimum atomic E-state index is -0.826. The molecule has 1 aromatic carbocycles. The summed E-state index contributed by atoms with van der Waals surface area (Å²) in [6, 6.07) is 7.43. The second-order valence-corrected chi connectivity index (χ2v) is 7.53. The molecule has 2 fully saturated rings. The number of hydrogen-bond acceptors (Lipinski definition) is 5. The second kappa shape index (κ2) is 8.71. The first-order chi connectivity index (χ1) is 14.1. The zero-order valence-electron chi connectivity index (χ0n) is 16.4. The number of carbonyl (C=O) groups excluding carboxylic acids is 1. The predicted octanol–water partition coefficient (Wildman–Crippen LogP) is 3.10. The van der Waals surface area contributed by atoms with E-state index in [2.05, 4.69) is 15.1 Å². The molecular formula is C21H25F2N5O. The summed E-state index contributed by atoms with van der Waals surface area (Å²) in [6.07, 6.45) is 4.90. The zero-order valence-corrected chi connectivity index (χ0v) is 16.4. The third kappa shape index (κ3) is 4.31. The molecule has 6 nitrogen and oxygen atoms in total. The molecule has 8 heteroatoms. The summed E-state index contributed by atoms with van der Waals surface area (Å²) in [5, 5.41) is 8.77. The number of carbonyl (C=O) groups is 1. The summed E-state index contributed by atoms with van der Waals surface area (Å²) in [4.78, 5) is 18.3. The van der Waals surface area contributed by atoms with Gasteiger partial charge in [-0.3, -0.25) is 4.79 Å². The lowest BCUT2D eigenvalue weighted by Gasteiger charge is -2.35. The van der Waals surface area contributed by atoms with Gasteiger partial charge >= 0.3 is 0 Å². The Labute approximate surface area is 169 Å². The van der Waals surface area contributed by atoms with E-state index < -0.39 is 23.1 Å². The fraction of sp³-hybridized carbons (Fsp3) is 0.476. The Morgan fingerprint density at radius 3 is 1.76 bits per heavy atom. The molecule has 154 valence electrons. The third-order valence-electron chi connectivity index (χ3n) is 5.63. The molecule has 0 bridgehead atoms. The molecule has 29 heavy (non-hydrogen) atoms. The van der Waals surface area contributed by atoms with Gasteiger partial charge in [0.1, 0.15) is 17.2 Å². The van der Waals surface area contributed by atoms with E-state index in [1.54, 1.807) is 0 Å². The summed E-state index contributed by atoms with van der Waals surface area (Å²) in [6.45, 7) is 3.87. The van der Waals surface area contributed by atoms with Crippen molar-refractivity contribution < 1.29 is 13.6 Å². The Hall–Kier alpha value is -2.77. The number of nitrogens with zero attached hydrogens (tertiary/aromatic N) is 5. The Morgan fingerprint density at radius 2 is 1.24 bits per heavy atom. The zero-order chi connectivity index (χ0) is 20.2. The van der Waals surface area contributed by atoms with Crippen LogP contribution >= 0.6 is 0 Å². The molecule has 2 aliphatic rings. The molecule has 0 radical (unpaired) electrons. The standard InChI is InChI=1S/C21H25F2N5O/c22-16-6-5-7-17(23)20(16)21(29)28-14-12-27(13-15-28)19-9-8-18(24-25-19)26-10-3-1-2-4-11-26/h5-9H,1-4,10-15H2. The van der Waals surface area contributed by atoms with Gasteiger partial charge in [-0.25, -0.2) is 8.78 Å². The minimum Gasteiger partial charge on any atom is -0.355 e. The molecule has 3 heterocycles. The molecule has 0 aliphatic carbocycles. The smallest absolute Gasteiger partial charge is 0.259 e. The van der Waals surface area contributed by atoms with E-state index in [0.29, 0.717) is 26.2 Å². The van der Waals surface area contributed by atoms with Crippen LogP contribution in [-0.4, -0.2) is 60.3 Å². The van der Waals surface area contributed by atoms with E-state index in [0.717, 1.165) is 36.9 Å². The average Bonchev–Trinajstić information content (AvgIpc) is 3.03. The van der Waals surface area contributed by atoms with Crippen LogP contribution < -0.4 is 9.80 Å². The number of amides is 1. The van der Waals surface area contributed by atoms with Crippen molar-refractivity contribution in [1.82, 2.24) is 15.1 Å². The number of aromatic nitrogens is 2. The van der Waals surface area contributed by atoms with Gasteiger partial charge in [-0.2, -0.15) is 0 Å². The van der Waals surface area contributed by atoms with Gasteiger partial charge in [-0.05, 0) is 37.1 Å². The SMILES string of the molecule is O=C(c1c(F)cccc1F)N1CCN(c2ccc(N3CCCCCC3)nn2)CC1. The van der Waals surface area contributed by atoms with Crippen molar-refractivity contribution in [2.75, 3.05) is 49.1 Å². The number of piperazine rings is 1. The summed E-state index contributed by atoms with van der Waals surface area (Å²) < 4.78 is 27.8. The fourth-order valence-corrected chi connectivity index (χ4v) is 3.95. The van der Waals surface area contributed by atoms with Crippen LogP contribution in [0.15, 0.2) is 30.3 Å². The van der Waals surface area contributed by atoms with Gasteiger partial charge in [0, 0.05) is 39.3 Å². The van der Waals surface area contributed by atoms with Gasteiger partial charge < -0.3 is 14.7 Å². The minimum absolute atomic E-state index is 0.377. The van der Waals surface area contributed by atoms with Gasteiger partial charge in [-0.15, -0.1) is 10.2 Å². The lowest BCUT2D eigenvalue weighted by Crippen LogP contribution is -2.49. The van der Waals surface area contributed by atoms with Crippen LogP contribution in [0.3, 0.4) is 0 Å². The summed E-state index contributed by atoms with van der Waals surface area (Å²) in [5.74, 6) is -0.602. The van der Waals surface area contributed by atoms with Gasteiger partial charge in [0.15, 0.2) is 11.6 Å². The highest BCUT2D eigenvalue weighted by Crippen LogP contribution is 2.21. The van der Waals surface area contributed by atoms with Gasteiger partial charge in [0.05, 0.1) is 0 Å². The molecule has 4 rings (SSSR count). The van der Waals surface area contributed by atoms with Crippen molar-refractivity contribution >= 4 is 17.5 Å². The molecule has 0 unspecified atom stereocenters. The Balaban J connectivity index is 1.37. The van der Waals surface area contributed by atoms with E-state index in [1.807, 2.05) is 17.0 Å². The van der Waals surface area contributed by atoms with Crippen molar-refractivity contribution in [3.63, 3.8) is 0 Å². The van der Waals surface area contributed by atoms with Gasteiger partial charge in [0.2, 0.25) is 0 Å². The average molecular weight is 401 g/mol. The molecule has 0 saturated carbocycles. The Morgan fingerprint density at radius 1 is 0.724 bits per heavy atom. The first kappa shape index (κ1) is 19.5. The number of halogens is 2. The number of anilines is 2. The number of hydrogen-bond donors (Lipinski definition) is 0. The van der Waals surface area contributed by atoms with Gasteiger partial charge in [-0.1, -0.05) is 18.9 Å². The van der Waals surface area contributed by atoms with Crippen LogP contribution in [0.2, 0.25) is 0 Å². The quantitative estimate of drug-likeness (QED) is 0.791. The molecule has 0 atom stereocenters. The molecule has 2 aromatic rings. The third-order valence-corrected chi connectivity index (χ3v) is 5.63. The van der Waals surface area contributed by atoms with Crippen molar-refractivity contribution in [3.8, 4) is 0 Å². The van der Waals surface area contributed by atoms with E-state index >= 15 is 0 Å². The molecule has 1 aromatic heterocycles. The summed E-state index contributed by atoms with van der Waals surface area (Å²) in [7, 11) is 0. The second-order valence-electron chi connectivity index (χ2n) is 7.53. The van der Waals surface area contributed by atoms with E-state index in [4.69, 9.17) is 0 Å². The number of rotatable bonds is 3. The maximum Gasteiger partial charge on any atom is 0.259 e. The van der Waals surface area contributed by atoms with Crippen molar-refractivity contribution in [2.45, 2.75) is 25.7 Å². The Kier molecular flexibility index (Phi) is 5.87. The molecule has 2 saturated heterocycles. The molecular weight excluding hydrogens is 376 g/mol. The normalized spacial score (nSPS) is 17.9. The molecule has 1 amide bonds. The van der Waals surface area contributed by atoms with Crippen LogP contribution in [0.25, 0.3) is 0 Å². The van der Waals surface area contributed by atoms with Crippen molar-refractivity contribution in [3.05, 3.63) is 47.5 Å². The lowest BCUT2D eigenvalue weighted by atomic mass is 10.1. The topological polar surface area (TPSA) is 52.6 Å². The summed E-state index contributed by atoms with van der Waals surface area (Å²) >= 11 is 0. The van der Waals surface area contributed by atoms with E-state index in [-0.39, 0.29) is 0 Å². The van der Waals surface area contributed by atoms with Crippen LogP contribution in [0.1, 0.15) is 36.0 Å². The highest BCUT2D eigenvalue weighted by molar-refractivity contribution is 5.95. The fourth-order valence-electron chi connectivity index (χ4n) is 3.95. The van der Waals surface area contributed by atoms with E-state index in [1.165, 1.54) is 36.6 Å². The van der Waals surface area contributed by atoms with Gasteiger partial charge in [0.25, 0.3) is 5.91 Å². The highest BCUT2D eigenvalue weighted by Gasteiger charge is 2.27. The lowest BCUT2D eigenvalue weighted by molar-refractivity contribution is 0.0736. The Bertz CT molecular complexity index is 824. The van der Waals surface area contributed by atoms with Crippen molar-refractivity contribution in [2.24, 2.45) is 0 Å². The van der Waals surface area contributed by atoms with Crippen molar-refractivity contribution in [1.29, 1.82) is 0 Å². The molecule has 0 N–H and O–H groups in total. The molecule has 2 aliphatic heterocycles. The van der Waals surface area contributed by atoms with E-state index in [9.17, 15) is 13.6 Å². The van der Waals surface area contributed by atoms with Crippen LogP contribution in [-0.2, 0) is 0 Å². The first-order valence-corrected chi connectivity index (χ1v) is 10.2. The predicted molar refractivity (Wildman–Crippen MR) is 107 cm³/mol. The number of benzene rings is 1. The largest absolute Gasteiger partial charge is 0.355 e. The maximum atomic E-state index is 13.9. The highest BCUT2D eigenvalue weighted by atomic mass is 19.1. The van der Waals surface area contributed by atoms with Crippen LogP contribution in [0.4, 0.5) is 20.4 Å². The van der Waals surface area contributed by atoms with Crippen LogP contribution in [0, 0.1) is 11.6 Å². The summed E-state index contributed by atoms with van der Waals surface area (Å²) in [5.41, 5.74) is -0.484. The van der Waals surface area contributed by atoms with Crippen LogP contribution in [0.5, 0.6) is 0 Å². The maximum absolute atomic E-state index is 13.9. The first-order valence-electron chi connectivity index (χ1n) is 10.2.